The highest BCUT2D eigenvalue weighted by molar-refractivity contribution is 6.30. The van der Waals surface area contributed by atoms with Gasteiger partial charge in [-0.25, -0.2) is 0 Å². The van der Waals surface area contributed by atoms with Crippen LogP contribution in [-0.4, -0.2) is 22.5 Å². The molecule has 0 aromatic heterocycles. The van der Waals surface area contributed by atoms with Gasteiger partial charge in [0.2, 0.25) is 0 Å². The predicted molar refractivity (Wildman–Crippen MR) is 155 cm³/mol. The molecule has 0 radical (unpaired) electrons. The van der Waals surface area contributed by atoms with Crippen LogP contribution in [0.25, 0.3) is 12.2 Å². The minimum Gasteiger partial charge on any atom is -0.321 e. The fourth-order valence-corrected chi connectivity index (χ4v) is 3.77. The number of carbonyl (C=O) groups excluding carboxylic acids is 3. The van der Waals surface area contributed by atoms with Crippen LogP contribution in [0.3, 0.4) is 0 Å². The van der Waals surface area contributed by atoms with Crippen LogP contribution in [0.4, 0.5) is 11.4 Å². The Bertz CT molecular complexity index is 1610. The van der Waals surface area contributed by atoms with E-state index in [1.54, 1.807) is 84.9 Å². The molecule has 0 bridgehead atoms. The number of allylic oxidation sites excluding steroid dienone is 1. The van der Waals surface area contributed by atoms with Crippen molar-refractivity contribution in [3.8, 4) is 0 Å². The van der Waals surface area contributed by atoms with E-state index in [0.717, 1.165) is 0 Å². The number of anilines is 1. The van der Waals surface area contributed by atoms with Gasteiger partial charge >= 0.3 is 0 Å². The number of nitro groups is 1. The molecule has 8 nitrogen and oxygen atoms in total. The SMILES string of the molecule is O=C(Nc1ccc(C(=O)/C=C/c2ccccc2[N+](=O)[O-])cc1)/C(=C/c1ccc(Cl)cc1)NC(=O)c1ccccc1. The fraction of sp³-hybridized carbons (Fsp3) is 0. The Morgan fingerprint density at radius 1 is 0.775 bits per heavy atom. The van der Waals surface area contributed by atoms with Gasteiger partial charge in [0.25, 0.3) is 17.5 Å². The van der Waals surface area contributed by atoms with E-state index in [2.05, 4.69) is 10.6 Å². The summed E-state index contributed by atoms with van der Waals surface area (Å²) in [5.41, 5.74) is 1.95. The smallest absolute Gasteiger partial charge is 0.276 e. The average molecular weight is 552 g/mol. The van der Waals surface area contributed by atoms with E-state index in [9.17, 15) is 24.5 Å². The maximum absolute atomic E-state index is 13.2. The first kappa shape index (κ1) is 27.7. The number of amides is 2. The topological polar surface area (TPSA) is 118 Å². The first-order valence-electron chi connectivity index (χ1n) is 12.0. The Labute approximate surface area is 234 Å². The van der Waals surface area contributed by atoms with Crippen LogP contribution in [0.5, 0.6) is 0 Å². The van der Waals surface area contributed by atoms with Crippen molar-refractivity contribution in [3.05, 3.63) is 152 Å². The number of halogens is 1. The highest BCUT2D eigenvalue weighted by Gasteiger charge is 2.16. The van der Waals surface area contributed by atoms with Gasteiger partial charge in [0.1, 0.15) is 5.70 Å². The van der Waals surface area contributed by atoms with Crippen molar-refractivity contribution in [2.24, 2.45) is 0 Å². The van der Waals surface area contributed by atoms with E-state index in [1.165, 1.54) is 36.4 Å². The molecule has 40 heavy (non-hydrogen) atoms. The Morgan fingerprint density at radius 3 is 2.10 bits per heavy atom. The Balaban J connectivity index is 1.49. The molecule has 0 aliphatic heterocycles. The highest BCUT2D eigenvalue weighted by atomic mass is 35.5. The van der Waals surface area contributed by atoms with Crippen molar-refractivity contribution < 1.29 is 19.3 Å². The first-order chi connectivity index (χ1) is 19.3. The van der Waals surface area contributed by atoms with Crippen LogP contribution < -0.4 is 10.6 Å². The Hall–Kier alpha value is -5.34. The second-order valence-electron chi connectivity index (χ2n) is 8.47. The van der Waals surface area contributed by atoms with Gasteiger partial charge < -0.3 is 10.6 Å². The third-order valence-corrected chi connectivity index (χ3v) is 5.94. The van der Waals surface area contributed by atoms with E-state index in [0.29, 0.717) is 33.0 Å². The maximum Gasteiger partial charge on any atom is 0.276 e. The lowest BCUT2D eigenvalue weighted by molar-refractivity contribution is -0.385. The van der Waals surface area contributed by atoms with Gasteiger partial charge in [0, 0.05) is 27.9 Å². The lowest BCUT2D eigenvalue weighted by Crippen LogP contribution is -2.30. The molecule has 2 amide bonds. The number of ketones is 1. The third-order valence-electron chi connectivity index (χ3n) is 5.68. The van der Waals surface area contributed by atoms with Gasteiger partial charge in [0.05, 0.1) is 10.5 Å². The molecule has 0 spiro atoms. The van der Waals surface area contributed by atoms with Crippen LogP contribution >= 0.6 is 11.6 Å². The number of nitrogens with zero attached hydrogens (tertiary/aromatic N) is 1. The van der Waals surface area contributed by atoms with Crippen molar-refractivity contribution in [1.29, 1.82) is 0 Å². The van der Waals surface area contributed by atoms with Gasteiger partial charge in [-0.1, -0.05) is 54.1 Å². The van der Waals surface area contributed by atoms with Gasteiger partial charge in [-0.2, -0.15) is 0 Å². The molecule has 0 unspecified atom stereocenters. The van der Waals surface area contributed by atoms with Gasteiger partial charge in [-0.15, -0.1) is 0 Å². The van der Waals surface area contributed by atoms with Gasteiger partial charge in [-0.3, -0.25) is 24.5 Å². The van der Waals surface area contributed by atoms with E-state index in [-0.39, 0.29) is 17.2 Å². The first-order valence-corrected chi connectivity index (χ1v) is 12.4. The molecule has 0 heterocycles. The minimum absolute atomic E-state index is 0.00344. The largest absolute Gasteiger partial charge is 0.321 e. The zero-order valence-corrected chi connectivity index (χ0v) is 21.7. The van der Waals surface area contributed by atoms with Crippen LogP contribution in [0.1, 0.15) is 31.8 Å². The summed E-state index contributed by atoms with van der Waals surface area (Å²) in [5.74, 6) is -1.40. The molecule has 0 aliphatic rings. The van der Waals surface area contributed by atoms with Crippen LogP contribution in [0, 0.1) is 10.1 Å². The minimum atomic E-state index is -0.574. The molecule has 0 saturated heterocycles. The van der Waals surface area contributed by atoms with Gasteiger partial charge in [-0.05, 0) is 78.4 Å². The Kier molecular flexibility index (Phi) is 8.96. The highest BCUT2D eigenvalue weighted by Crippen LogP contribution is 2.20. The number of hydrogen-bond donors (Lipinski definition) is 2. The zero-order valence-electron chi connectivity index (χ0n) is 20.9. The van der Waals surface area contributed by atoms with Crippen molar-refractivity contribution >= 4 is 52.7 Å². The van der Waals surface area contributed by atoms with E-state index >= 15 is 0 Å². The number of rotatable bonds is 9. The van der Waals surface area contributed by atoms with Crippen molar-refractivity contribution in [3.63, 3.8) is 0 Å². The van der Waals surface area contributed by atoms with Crippen LogP contribution in [-0.2, 0) is 4.79 Å². The number of carbonyl (C=O) groups is 3. The van der Waals surface area contributed by atoms with Gasteiger partial charge in [0.15, 0.2) is 5.78 Å². The summed E-state index contributed by atoms with van der Waals surface area (Å²) >= 11 is 5.96. The van der Waals surface area contributed by atoms with E-state index in [4.69, 9.17) is 11.6 Å². The van der Waals surface area contributed by atoms with Crippen LogP contribution in [0.2, 0.25) is 5.02 Å². The molecule has 2 N–H and O–H groups in total. The quantitative estimate of drug-likeness (QED) is 0.106. The molecular weight excluding hydrogens is 530 g/mol. The summed E-state index contributed by atoms with van der Waals surface area (Å²) in [6.45, 7) is 0. The van der Waals surface area contributed by atoms with Crippen molar-refractivity contribution in [2.45, 2.75) is 0 Å². The second-order valence-corrected chi connectivity index (χ2v) is 8.91. The molecule has 0 aliphatic carbocycles. The lowest BCUT2D eigenvalue weighted by atomic mass is 10.1. The average Bonchev–Trinajstić information content (AvgIpc) is 2.97. The molecule has 4 aromatic rings. The predicted octanol–water partition coefficient (Wildman–Crippen LogP) is 6.55. The zero-order chi connectivity index (χ0) is 28.5. The number of para-hydroxylation sites is 1. The molecular formula is C31H22ClN3O5. The van der Waals surface area contributed by atoms with Crippen molar-refractivity contribution in [1.82, 2.24) is 5.32 Å². The molecule has 4 aromatic carbocycles. The van der Waals surface area contributed by atoms with E-state index < -0.39 is 16.7 Å². The monoisotopic (exact) mass is 551 g/mol. The summed E-state index contributed by atoms with van der Waals surface area (Å²) in [4.78, 5) is 49.2. The lowest BCUT2D eigenvalue weighted by Gasteiger charge is -2.12. The summed E-state index contributed by atoms with van der Waals surface area (Å²) in [5, 5.41) is 17.1. The summed E-state index contributed by atoms with van der Waals surface area (Å²) in [6, 6.07) is 27.5. The van der Waals surface area contributed by atoms with Crippen LogP contribution in [0.15, 0.2) is 115 Å². The summed E-state index contributed by atoms with van der Waals surface area (Å²) in [6.07, 6.45) is 4.17. The normalized spacial score (nSPS) is 11.2. The number of benzene rings is 4. The van der Waals surface area contributed by atoms with Crippen molar-refractivity contribution in [2.75, 3.05) is 5.32 Å². The number of hydrogen-bond acceptors (Lipinski definition) is 5. The maximum atomic E-state index is 13.2. The molecule has 9 heteroatoms. The van der Waals surface area contributed by atoms with E-state index in [1.807, 2.05) is 0 Å². The summed E-state index contributed by atoms with van der Waals surface area (Å²) in [7, 11) is 0. The standard InChI is InChI=1S/C31H22ClN3O5/c32-25-15-10-21(11-16-25)20-27(34-30(37)24-7-2-1-3-8-24)31(38)33-26-17-12-23(13-18-26)29(36)19-14-22-6-4-5-9-28(22)35(39)40/h1-20H,(H,33,38)(H,34,37)/b19-14+,27-20-. The number of nitro benzene ring substituents is 1. The molecule has 0 fully saturated rings. The molecule has 0 atom stereocenters. The molecule has 198 valence electrons. The fourth-order valence-electron chi connectivity index (χ4n) is 3.64. The molecule has 4 rings (SSSR count). The summed E-state index contributed by atoms with van der Waals surface area (Å²) < 4.78 is 0. The Morgan fingerprint density at radius 2 is 1.43 bits per heavy atom. The number of nitrogens with one attached hydrogen (secondary N) is 2. The second kappa shape index (κ2) is 12.9. The third kappa shape index (κ3) is 7.37. The molecule has 0 saturated carbocycles.